The van der Waals surface area contributed by atoms with E-state index in [0.29, 0.717) is 11.6 Å². The highest BCUT2D eigenvalue weighted by Crippen LogP contribution is 2.32. The van der Waals surface area contributed by atoms with Crippen LogP contribution >= 0.6 is 0 Å². The predicted octanol–water partition coefficient (Wildman–Crippen LogP) is 5.82. The molecule has 0 amide bonds. The van der Waals surface area contributed by atoms with Crippen molar-refractivity contribution in [1.82, 2.24) is 19.9 Å². The van der Waals surface area contributed by atoms with E-state index in [2.05, 4.69) is 36.3 Å². The summed E-state index contributed by atoms with van der Waals surface area (Å²) in [6, 6.07) is 13.1. The Balaban J connectivity index is 1.75. The van der Waals surface area contributed by atoms with Gasteiger partial charge in [0.25, 0.3) is 5.95 Å². The zero-order valence-corrected chi connectivity index (χ0v) is 17.6. The maximum absolute atomic E-state index is 13.1. The maximum Gasteiger partial charge on any atom is 0.433 e. The van der Waals surface area contributed by atoms with Crippen LogP contribution in [0.3, 0.4) is 0 Å². The molecule has 0 aliphatic heterocycles. The molecule has 1 fully saturated rings. The molecule has 1 aliphatic carbocycles. The number of nitrogens with one attached hydrogen (secondary N) is 1. The van der Waals surface area contributed by atoms with Gasteiger partial charge in [-0.2, -0.15) is 28.1 Å². The number of aliphatic imine (C=N–C) groups is 1. The molecule has 0 atom stereocenters. The van der Waals surface area contributed by atoms with Crippen molar-refractivity contribution in [2.45, 2.75) is 32.9 Å². The summed E-state index contributed by atoms with van der Waals surface area (Å²) in [7, 11) is 0. The van der Waals surface area contributed by atoms with Gasteiger partial charge in [0.2, 0.25) is 5.95 Å². The molecule has 0 radical (unpaired) electrons. The van der Waals surface area contributed by atoms with Gasteiger partial charge in [-0.05, 0) is 50.3 Å². The van der Waals surface area contributed by atoms with E-state index in [9.17, 15) is 13.2 Å². The number of allylic oxidation sites excluding steroid dienone is 2. The van der Waals surface area contributed by atoms with Crippen molar-refractivity contribution in [3.05, 3.63) is 71.6 Å². The highest BCUT2D eigenvalue weighted by Gasteiger charge is 2.32. The fourth-order valence-electron chi connectivity index (χ4n) is 3.03. The molecular formula is C23H21F3N6. The number of benzene rings is 1. The SMILES string of the molecule is CC(=CC1CC1)Nc1nc(/N=C(\C)c2ccccc2)nc(-c2cccc(C(F)(F)F)n2)n1. The second-order valence-corrected chi connectivity index (χ2v) is 7.56. The van der Waals surface area contributed by atoms with Crippen molar-refractivity contribution < 1.29 is 13.2 Å². The lowest BCUT2D eigenvalue weighted by molar-refractivity contribution is -0.141. The first-order valence-electron chi connectivity index (χ1n) is 10.1. The number of hydrogen-bond acceptors (Lipinski definition) is 6. The first kappa shape index (κ1) is 21.6. The van der Waals surface area contributed by atoms with Gasteiger partial charge < -0.3 is 5.32 Å². The van der Waals surface area contributed by atoms with Crippen molar-refractivity contribution in [3.63, 3.8) is 0 Å². The second kappa shape index (κ2) is 8.86. The Morgan fingerprint density at radius 1 is 0.969 bits per heavy atom. The van der Waals surface area contributed by atoms with Crippen LogP contribution in [0.1, 0.15) is 37.9 Å². The average Bonchev–Trinajstić information content (AvgIpc) is 3.57. The molecule has 1 N–H and O–H groups in total. The van der Waals surface area contributed by atoms with E-state index >= 15 is 0 Å². The highest BCUT2D eigenvalue weighted by molar-refractivity contribution is 5.99. The summed E-state index contributed by atoms with van der Waals surface area (Å²) in [4.78, 5) is 21.1. The number of pyridine rings is 1. The van der Waals surface area contributed by atoms with E-state index in [1.807, 2.05) is 44.2 Å². The number of rotatable bonds is 6. The summed E-state index contributed by atoms with van der Waals surface area (Å²) in [6.07, 6.45) is -0.203. The van der Waals surface area contributed by atoms with Crippen LogP contribution in [-0.2, 0) is 6.18 Å². The summed E-state index contributed by atoms with van der Waals surface area (Å²) < 4.78 is 39.4. The first-order valence-corrected chi connectivity index (χ1v) is 10.1. The molecule has 32 heavy (non-hydrogen) atoms. The largest absolute Gasteiger partial charge is 0.433 e. The standard InChI is InChI=1S/C23H21F3N6/c1-14(13-16-11-12-16)27-21-30-20(18-9-6-10-19(29-18)23(24,25)26)31-22(32-21)28-15(2)17-7-4-3-5-8-17/h3-10,13,16H,11-12H2,1-2H3,(H,27,30,31,32)/b14-13?,28-15+. The van der Waals surface area contributed by atoms with Gasteiger partial charge in [-0.25, -0.2) is 9.98 Å². The quantitative estimate of drug-likeness (QED) is 0.491. The van der Waals surface area contributed by atoms with Crippen LogP contribution in [0, 0.1) is 5.92 Å². The molecular weight excluding hydrogens is 417 g/mol. The third-order valence-electron chi connectivity index (χ3n) is 4.77. The second-order valence-electron chi connectivity index (χ2n) is 7.56. The summed E-state index contributed by atoms with van der Waals surface area (Å²) in [6.45, 7) is 3.70. The lowest BCUT2D eigenvalue weighted by Crippen LogP contribution is -2.09. The molecule has 164 valence electrons. The number of hydrogen-bond donors (Lipinski definition) is 1. The summed E-state index contributed by atoms with van der Waals surface area (Å²) in [5.41, 5.74) is 1.38. The number of alkyl halides is 3. The molecule has 1 aromatic carbocycles. The van der Waals surface area contributed by atoms with E-state index in [1.54, 1.807) is 0 Å². The molecule has 0 bridgehead atoms. The molecule has 0 saturated heterocycles. The van der Waals surface area contributed by atoms with Crippen LogP contribution in [0.4, 0.5) is 25.1 Å². The van der Waals surface area contributed by atoms with Gasteiger partial charge in [0.1, 0.15) is 11.4 Å². The smallest absolute Gasteiger partial charge is 0.328 e. The molecule has 4 rings (SSSR count). The van der Waals surface area contributed by atoms with Crippen LogP contribution < -0.4 is 5.32 Å². The first-order chi connectivity index (χ1) is 15.3. The lowest BCUT2D eigenvalue weighted by atomic mass is 10.1. The van der Waals surface area contributed by atoms with Gasteiger partial charge in [0.15, 0.2) is 5.82 Å². The van der Waals surface area contributed by atoms with Crippen LogP contribution in [0.2, 0.25) is 0 Å². The minimum Gasteiger partial charge on any atom is -0.328 e. The molecule has 0 spiro atoms. The topological polar surface area (TPSA) is 76.0 Å². The normalized spacial score (nSPS) is 15.0. The Kier molecular flexibility index (Phi) is 5.98. The fraction of sp³-hybridized carbons (Fsp3) is 0.261. The van der Waals surface area contributed by atoms with E-state index in [4.69, 9.17) is 0 Å². The van der Waals surface area contributed by atoms with E-state index < -0.39 is 11.9 Å². The minimum absolute atomic E-state index is 0.00688. The molecule has 0 unspecified atom stereocenters. The highest BCUT2D eigenvalue weighted by atomic mass is 19.4. The summed E-state index contributed by atoms with van der Waals surface area (Å²) in [5, 5.41) is 3.10. The Bertz CT molecular complexity index is 1170. The Labute approximate surface area is 183 Å². The van der Waals surface area contributed by atoms with E-state index in [1.165, 1.54) is 12.1 Å². The van der Waals surface area contributed by atoms with Gasteiger partial charge in [0.05, 0.1) is 0 Å². The third kappa shape index (κ3) is 5.54. The van der Waals surface area contributed by atoms with Crippen LogP contribution in [0.5, 0.6) is 0 Å². The molecule has 2 heterocycles. The van der Waals surface area contributed by atoms with Crippen LogP contribution in [0.25, 0.3) is 11.5 Å². The Morgan fingerprint density at radius 3 is 2.41 bits per heavy atom. The van der Waals surface area contributed by atoms with Gasteiger partial charge >= 0.3 is 6.18 Å². The molecule has 1 aliphatic rings. The zero-order valence-electron chi connectivity index (χ0n) is 17.6. The Hall–Kier alpha value is -3.62. The predicted molar refractivity (Wildman–Crippen MR) is 116 cm³/mol. The molecule has 1 saturated carbocycles. The lowest BCUT2D eigenvalue weighted by Gasteiger charge is -2.10. The van der Waals surface area contributed by atoms with Crippen molar-refractivity contribution >= 4 is 17.6 Å². The third-order valence-corrected chi connectivity index (χ3v) is 4.77. The zero-order chi connectivity index (χ0) is 22.7. The molecule has 2 aromatic heterocycles. The van der Waals surface area contributed by atoms with Crippen molar-refractivity contribution in [1.29, 1.82) is 0 Å². The van der Waals surface area contributed by atoms with E-state index in [0.717, 1.165) is 30.2 Å². The van der Waals surface area contributed by atoms with Gasteiger partial charge in [-0.15, -0.1) is 0 Å². The van der Waals surface area contributed by atoms with Crippen molar-refractivity contribution in [2.24, 2.45) is 10.9 Å². The summed E-state index contributed by atoms with van der Waals surface area (Å²) in [5.74, 6) is 0.819. The van der Waals surface area contributed by atoms with Gasteiger partial charge in [0, 0.05) is 11.4 Å². The van der Waals surface area contributed by atoms with Crippen molar-refractivity contribution in [3.8, 4) is 11.5 Å². The van der Waals surface area contributed by atoms with Gasteiger partial charge in [-0.3, -0.25) is 0 Å². The van der Waals surface area contributed by atoms with Crippen LogP contribution in [0.15, 0.2) is 65.3 Å². The molecule has 3 aromatic rings. The van der Waals surface area contributed by atoms with Crippen molar-refractivity contribution in [2.75, 3.05) is 5.32 Å². The Morgan fingerprint density at radius 2 is 1.72 bits per heavy atom. The number of aromatic nitrogens is 4. The van der Waals surface area contributed by atoms with Crippen LogP contribution in [-0.4, -0.2) is 25.6 Å². The summed E-state index contributed by atoms with van der Waals surface area (Å²) >= 11 is 0. The van der Waals surface area contributed by atoms with Gasteiger partial charge in [-0.1, -0.05) is 42.5 Å². The molecule has 6 nitrogen and oxygen atoms in total. The molecule has 9 heteroatoms. The number of anilines is 1. The fourth-order valence-corrected chi connectivity index (χ4v) is 3.03. The number of halogens is 3. The maximum atomic E-state index is 13.1. The minimum atomic E-state index is -4.57. The van der Waals surface area contributed by atoms with E-state index in [-0.39, 0.29) is 23.4 Å². The number of nitrogens with zero attached hydrogens (tertiary/aromatic N) is 5. The average molecular weight is 438 g/mol. The monoisotopic (exact) mass is 438 g/mol.